The van der Waals surface area contributed by atoms with Gasteiger partial charge in [0.1, 0.15) is 0 Å². The minimum Gasteiger partial charge on any atom is -0.463 e. The third-order valence-electron chi connectivity index (χ3n) is 3.90. The zero-order valence-corrected chi connectivity index (χ0v) is 11.8. The highest BCUT2D eigenvalue weighted by molar-refractivity contribution is 5.87. The maximum absolute atomic E-state index is 11.6. The van der Waals surface area contributed by atoms with Crippen LogP contribution in [0.3, 0.4) is 0 Å². The summed E-state index contributed by atoms with van der Waals surface area (Å²) >= 11 is 0. The molecule has 0 spiro atoms. The maximum atomic E-state index is 11.6. The van der Waals surface area contributed by atoms with Gasteiger partial charge in [0.25, 0.3) is 0 Å². The second-order valence-corrected chi connectivity index (χ2v) is 5.22. The number of furan rings is 1. The summed E-state index contributed by atoms with van der Waals surface area (Å²) in [7, 11) is 1.32. The quantitative estimate of drug-likeness (QED) is 0.836. The summed E-state index contributed by atoms with van der Waals surface area (Å²) in [6.45, 7) is 3.27. The highest BCUT2D eigenvalue weighted by Gasteiger charge is 2.30. The molecule has 0 aromatic carbocycles. The predicted molar refractivity (Wildman–Crippen MR) is 71.8 cm³/mol. The number of methoxy groups -OCH3 is 1. The number of nitrogens with zero attached hydrogens (tertiary/aromatic N) is 1. The van der Waals surface area contributed by atoms with Gasteiger partial charge < -0.3 is 14.9 Å². The van der Waals surface area contributed by atoms with E-state index in [2.05, 4.69) is 16.6 Å². The number of ether oxygens (including phenoxy) is 1. The standard InChI is InChI=1S/C14H20N2O4/c1-9-3-4-11(13(15)17)8-16(9)7-10-5-6-20-12(10)14(18)19-2/h5-6,9,11H,3-4,7-8H2,1-2H3,(H2,15,17). The summed E-state index contributed by atoms with van der Waals surface area (Å²) in [6, 6.07) is 2.10. The summed E-state index contributed by atoms with van der Waals surface area (Å²) in [4.78, 5) is 25.1. The minimum absolute atomic E-state index is 0.125. The number of primary amides is 1. The number of hydrogen-bond acceptors (Lipinski definition) is 5. The average molecular weight is 280 g/mol. The van der Waals surface area contributed by atoms with Crippen molar-refractivity contribution in [3.8, 4) is 0 Å². The Morgan fingerprint density at radius 1 is 1.50 bits per heavy atom. The summed E-state index contributed by atoms with van der Waals surface area (Å²) < 4.78 is 9.86. The number of carbonyl (C=O) groups excluding carboxylic acids is 2. The molecule has 2 heterocycles. The van der Waals surface area contributed by atoms with Crippen LogP contribution in [0.5, 0.6) is 0 Å². The molecule has 0 bridgehead atoms. The molecular weight excluding hydrogens is 260 g/mol. The molecule has 1 saturated heterocycles. The zero-order chi connectivity index (χ0) is 14.7. The average Bonchev–Trinajstić information content (AvgIpc) is 2.88. The molecule has 1 aliphatic rings. The number of hydrogen-bond donors (Lipinski definition) is 1. The fraction of sp³-hybridized carbons (Fsp3) is 0.571. The van der Waals surface area contributed by atoms with E-state index in [0.29, 0.717) is 19.1 Å². The molecule has 1 aliphatic heterocycles. The third-order valence-corrected chi connectivity index (χ3v) is 3.90. The molecule has 20 heavy (non-hydrogen) atoms. The van der Waals surface area contributed by atoms with Crippen molar-refractivity contribution in [2.45, 2.75) is 32.4 Å². The lowest BCUT2D eigenvalue weighted by atomic mass is 9.92. The molecule has 0 saturated carbocycles. The van der Waals surface area contributed by atoms with Crippen LogP contribution in [0, 0.1) is 5.92 Å². The first kappa shape index (κ1) is 14.6. The fourth-order valence-corrected chi connectivity index (χ4v) is 2.58. The predicted octanol–water partition coefficient (Wildman–Crippen LogP) is 1.15. The van der Waals surface area contributed by atoms with E-state index in [-0.39, 0.29) is 17.6 Å². The largest absolute Gasteiger partial charge is 0.463 e. The smallest absolute Gasteiger partial charge is 0.374 e. The number of piperidine rings is 1. The number of esters is 1. The summed E-state index contributed by atoms with van der Waals surface area (Å²) in [5.41, 5.74) is 6.16. The van der Waals surface area contributed by atoms with Crippen LogP contribution in [0.15, 0.2) is 16.7 Å². The number of nitrogens with two attached hydrogens (primary N) is 1. The molecule has 110 valence electrons. The summed E-state index contributed by atoms with van der Waals surface area (Å²) in [5, 5.41) is 0. The Labute approximate surface area is 117 Å². The Bertz CT molecular complexity index is 497. The SMILES string of the molecule is COC(=O)c1occc1CN1CC(C(N)=O)CCC1C. The van der Waals surface area contributed by atoms with Crippen LogP contribution in [0.4, 0.5) is 0 Å². The van der Waals surface area contributed by atoms with E-state index in [0.717, 1.165) is 18.4 Å². The van der Waals surface area contributed by atoms with Gasteiger partial charge in [0.2, 0.25) is 11.7 Å². The fourth-order valence-electron chi connectivity index (χ4n) is 2.58. The van der Waals surface area contributed by atoms with Crippen molar-refractivity contribution in [1.29, 1.82) is 0 Å². The van der Waals surface area contributed by atoms with E-state index in [1.54, 1.807) is 6.07 Å². The Morgan fingerprint density at radius 2 is 2.25 bits per heavy atom. The second kappa shape index (κ2) is 6.09. The van der Waals surface area contributed by atoms with Crippen LogP contribution < -0.4 is 5.73 Å². The van der Waals surface area contributed by atoms with E-state index in [4.69, 9.17) is 10.2 Å². The lowest BCUT2D eigenvalue weighted by Gasteiger charge is -2.36. The normalized spacial score (nSPS) is 23.5. The molecule has 0 radical (unpaired) electrons. The molecule has 2 atom stereocenters. The molecule has 1 aromatic heterocycles. The van der Waals surface area contributed by atoms with Crippen LogP contribution in [0.25, 0.3) is 0 Å². The highest BCUT2D eigenvalue weighted by Crippen LogP contribution is 2.25. The van der Waals surface area contributed by atoms with E-state index in [1.807, 2.05) is 0 Å². The van der Waals surface area contributed by atoms with Crippen molar-refractivity contribution in [2.75, 3.05) is 13.7 Å². The van der Waals surface area contributed by atoms with Gasteiger partial charge in [-0.1, -0.05) is 0 Å². The first-order valence-corrected chi connectivity index (χ1v) is 6.71. The van der Waals surface area contributed by atoms with Crippen molar-refractivity contribution in [3.05, 3.63) is 23.7 Å². The van der Waals surface area contributed by atoms with Gasteiger partial charge in [-0.05, 0) is 25.8 Å². The zero-order valence-electron chi connectivity index (χ0n) is 11.8. The van der Waals surface area contributed by atoms with Gasteiger partial charge in [-0.15, -0.1) is 0 Å². The Balaban J connectivity index is 2.10. The van der Waals surface area contributed by atoms with Crippen LogP contribution in [0.2, 0.25) is 0 Å². The van der Waals surface area contributed by atoms with E-state index >= 15 is 0 Å². The molecule has 2 unspecified atom stereocenters. The van der Waals surface area contributed by atoms with E-state index in [9.17, 15) is 9.59 Å². The molecule has 2 N–H and O–H groups in total. The van der Waals surface area contributed by atoms with Gasteiger partial charge in [-0.3, -0.25) is 9.69 Å². The van der Waals surface area contributed by atoms with Gasteiger partial charge in [0.15, 0.2) is 0 Å². The topological polar surface area (TPSA) is 85.8 Å². The highest BCUT2D eigenvalue weighted by atomic mass is 16.5. The van der Waals surface area contributed by atoms with Gasteiger partial charge in [-0.2, -0.15) is 0 Å². The number of carbonyl (C=O) groups is 2. The molecule has 6 heteroatoms. The van der Waals surface area contributed by atoms with Crippen molar-refractivity contribution < 1.29 is 18.7 Å². The van der Waals surface area contributed by atoms with Crippen molar-refractivity contribution >= 4 is 11.9 Å². The second-order valence-electron chi connectivity index (χ2n) is 5.22. The van der Waals surface area contributed by atoms with Gasteiger partial charge in [0.05, 0.1) is 19.3 Å². The number of amides is 1. The van der Waals surface area contributed by atoms with Crippen molar-refractivity contribution in [3.63, 3.8) is 0 Å². The van der Waals surface area contributed by atoms with Crippen LogP contribution >= 0.6 is 0 Å². The van der Waals surface area contributed by atoms with Crippen LogP contribution in [-0.2, 0) is 16.1 Å². The van der Waals surface area contributed by atoms with E-state index in [1.165, 1.54) is 13.4 Å². The van der Waals surface area contributed by atoms with E-state index < -0.39 is 5.97 Å². The van der Waals surface area contributed by atoms with Gasteiger partial charge in [0, 0.05) is 24.7 Å². The maximum Gasteiger partial charge on any atom is 0.374 e. The number of rotatable bonds is 4. The third kappa shape index (κ3) is 3.01. The summed E-state index contributed by atoms with van der Waals surface area (Å²) in [5.74, 6) is -0.649. The Morgan fingerprint density at radius 3 is 2.90 bits per heavy atom. The molecule has 0 aliphatic carbocycles. The van der Waals surface area contributed by atoms with Crippen LogP contribution in [-0.4, -0.2) is 36.5 Å². The Hall–Kier alpha value is -1.82. The molecule has 1 amide bonds. The van der Waals surface area contributed by atoms with Crippen molar-refractivity contribution in [1.82, 2.24) is 4.90 Å². The molecule has 6 nitrogen and oxygen atoms in total. The monoisotopic (exact) mass is 280 g/mol. The minimum atomic E-state index is -0.485. The molecule has 1 aromatic rings. The number of likely N-dealkylation sites (tertiary alicyclic amines) is 1. The molecular formula is C14H20N2O4. The molecule has 2 rings (SSSR count). The van der Waals surface area contributed by atoms with Gasteiger partial charge in [-0.25, -0.2) is 4.79 Å². The van der Waals surface area contributed by atoms with Gasteiger partial charge >= 0.3 is 5.97 Å². The Kier molecular flexibility index (Phi) is 4.44. The summed E-state index contributed by atoms with van der Waals surface area (Å²) in [6.07, 6.45) is 3.21. The first-order valence-electron chi connectivity index (χ1n) is 6.71. The molecule has 1 fully saturated rings. The van der Waals surface area contributed by atoms with Crippen LogP contribution in [0.1, 0.15) is 35.9 Å². The lowest BCUT2D eigenvalue weighted by Crippen LogP contribution is -2.45. The lowest BCUT2D eigenvalue weighted by molar-refractivity contribution is -0.124. The van der Waals surface area contributed by atoms with Crippen molar-refractivity contribution in [2.24, 2.45) is 11.7 Å². The first-order chi connectivity index (χ1) is 9.52.